The molecule has 1 aromatic carbocycles. The molecule has 8 heteroatoms. The van der Waals surface area contributed by atoms with Gasteiger partial charge in [-0.1, -0.05) is 6.07 Å². The maximum absolute atomic E-state index is 12.4. The normalized spacial score (nSPS) is 18.1. The Bertz CT molecular complexity index is 685. The average molecular weight is 288 g/mol. The van der Waals surface area contributed by atoms with Crippen molar-refractivity contribution < 1.29 is 19.2 Å². The third-order valence-corrected chi connectivity index (χ3v) is 3.44. The number of hydrazine groups is 1. The summed E-state index contributed by atoms with van der Waals surface area (Å²) in [5.41, 5.74) is 6.67. The van der Waals surface area contributed by atoms with Gasteiger partial charge in [-0.25, -0.2) is 9.80 Å². The standard InChI is InChI=1S/C13H12N4O4/c14-6-7-1-2-8-9(5-7)12(20)17(11(8)19)16-4-3-10(18)15-13(16)21/h1-2,5H,3-4,6,14H2,(H,15,18,21). The maximum atomic E-state index is 12.4. The molecule has 0 aromatic heterocycles. The van der Waals surface area contributed by atoms with Gasteiger partial charge in [-0.05, 0) is 17.7 Å². The second kappa shape index (κ2) is 4.67. The van der Waals surface area contributed by atoms with Crippen molar-refractivity contribution in [2.24, 2.45) is 5.73 Å². The topological polar surface area (TPSA) is 113 Å². The van der Waals surface area contributed by atoms with E-state index in [4.69, 9.17) is 5.73 Å². The predicted octanol–water partition coefficient (Wildman–Crippen LogP) is -0.402. The Balaban J connectivity index is 1.96. The number of nitrogens with two attached hydrogens (primary N) is 1. The minimum atomic E-state index is -0.778. The van der Waals surface area contributed by atoms with E-state index < -0.39 is 23.8 Å². The fourth-order valence-electron chi connectivity index (χ4n) is 2.37. The maximum Gasteiger partial charge on any atom is 0.343 e. The zero-order valence-electron chi connectivity index (χ0n) is 11.0. The Labute approximate surface area is 119 Å². The monoisotopic (exact) mass is 288 g/mol. The average Bonchev–Trinajstić information content (AvgIpc) is 2.71. The molecule has 21 heavy (non-hydrogen) atoms. The molecule has 2 aliphatic heterocycles. The summed E-state index contributed by atoms with van der Waals surface area (Å²) in [6.07, 6.45) is 0.0349. The lowest BCUT2D eigenvalue weighted by atomic mass is 10.1. The molecular formula is C13H12N4O4. The Morgan fingerprint density at radius 1 is 1.10 bits per heavy atom. The molecule has 0 saturated carbocycles. The molecule has 1 saturated heterocycles. The summed E-state index contributed by atoms with van der Waals surface area (Å²) in [6, 6.07) is 3.94. The van der Waals surface area contributed by atoms with Crippen molar-refractivity contribution in [3.8, 4) is 0 Å². The molecule has 8 nitrogen and oxygen atoms in total. The van der Waals surface area contributed by atoms with Crippen LogP contribution in [0.2, 0.25) is 0 Å². The highest BCUT2D eigenvalue weighted by atomic mass is 16.2. The summed E-state index contributed by atoms with van der Waals surface area (Å²) in [5.74, 6) is -1.60. The SMILES string of the molecule is NCc1ccc2c(c1)C(=O)N(N1CCC(=O)NC1=O)C2=O. The Morgan fingerprint density at radius 2 is 1.81 bits per heavy atom. The van der Waals surface area contributed by atoms with E-state index >= 15 is 0 Å². The van der Waals surface area contributed by atoms with E-state index in [2.05, 4.69) is 5.32 Å². The number of urea groups is 1. The van der Waals surface area contributed by atoms with E-state index in [1.165, 1.54) is 6.07 Å². The van der Waals surface area contributed by atoms with Gasteiger partial charge < -0.3 is 5.73 Å². The Kier molecular flexibility index (Phi) is 2.95. The smallest absolute Gasteiger partial charge is 0.326 e. The van der Waals surface area contributed by atoms with Gasteiger partial charge in [0.05, 0.1) is 17.7 Å². The van der Waals surface area contributed by atoms with Crippen LogP contribution in [-0.2, 0) is 11.3 Å². The number of hydrogen-bond donors (Lipinski definition) is 2. The summed E-state index contributed by atoms with van der Waals surface area (Å²) >= 11 is 0. The molecule has 0 radical (unpaired) electrons. The molecule has 1 fully saturated rings. The van der Waals surface area contributed by atoms with Gasteiger partial charge in [-0.3, -0.25) is 19.7 Å². The number of carbonyl (C=O) groups excluding carboxylic acids is 4. The first kappa shape index (κ1) is 13.3. The zero-order chi connectivity index (χ0) is 15.1. The number of imide groups is 2. The van der Waals surface area contributed by atoms with Crippen LogP contribution in [0.15, 0.2) is 18.2 Å². The molecule has 3 rings (SSSR count). The third kappa shape index (κ3) is 1.96. The molecule has 0 bridgehead atoms. The highest BCUT2D eigenvalue weighted by Crippen LogP contribution is 2.26. The highest BCUT2D eigenvalue weighted by molar-refractivity contribution is 6.22. The number of fused-ring (bicyclic) bond motifs is 1. The second-order valence-electron chi connectivity index (χ2n) is 4.73. The Morgan fingerprint density at radius 3 is 2.48 bits per heavy atom. The van der Waals surface area contributed by atoms with E-state index in [1.54, 1.807) is 12.1 Å². The van der Waals surface area contributed by atoms with E-state index in [-0.39, 0.29) is 30.6 Å². The first-order valence-corrected chi connectivity index (χ1v) is 6.36. The minimum absolute atomic E-state index is 0.0140. The molecule has 0 spiro atoms. The largest absolute Gasteiger partial charge is 0.343 e. The molecule has 5 amide bonds. The van der Waals surface area contributed by atoms with Crippen molar-refractivity contribution in [3.05, 3.63) is 34.9 Å². The molecular weight excluding hydrogens is 276 g/mol. The van der Waals surface area contributed by atoms with Gasteiger partial charge in [0.2, 0.25) is 5.91 Å². The quantitative estimate of drug-likeness (QED) is 0.719. The van der Waals surface area contributed by atoms with E-state index in [1.807, 2.05) is 0 Å². The van der Waals surface area contributed by atoms with Crippen LogP contribution in [0, 0.1) is 0 Å². The van der Waals surface area contributed by atoms with Crippen molar-refractivity contribution in [1.82, 2.24) is 15.3 Å². The van der Waals surface area contributed by atoms with Crippen LogP contribution in [0.3, 0.4) is 0 Å². The van der Waals surface area contributed by atoms with Crippen molar-refractivity contribution in [2.75, 3.05) is 6.54 Å². The number of nitrogens with one attached hydrogen (secondary N) is 1. The van der Waals surface area contributed by atoms with Gasteiger partial charge in [0.15, 0.2) is 0 Å². The molecule has 2 aliphatic rings. The molecule has 0 atom stereocenters. The summed E-state index contributed by atoms with van der Waals surface area (Å²) in [5, 5.41) is 3.80. The summed E-state index contributed by atoms with van der Waals surface area (Å²) in [4.78, 5) is 47.6. The van der Waals surface area contributed by atoms with Crippen LogP contribution in [-0.4, -0.2) is 40.3 Å². The number of hydrogen-bond acceptors (Lipinski definition) is 5. The molecule has 1 aromatic rings. The van der Waals surface area contributed by atoms with Crippen LogP contribution in [0.1, 0.15) is 32.7 Å². The molecule has 0 unspecified atom stereocenters. The van der Waals surface area contributed by atoms with Gasteiger partial charge in [0.25, 0.3) is 11.8 Å². The summed E-state index contributed by atoms with van der Waals surface area (Å²) in [7, 11) is 0. The van der Waals surface area contributed by atoms with Crippen LogP contribution in [0.4, 0.5) is 4.79 Å². The van der Waals surface area contributed by atoms with Crippen LogP contribution >= 0.6 is 0 Å². The second-order valence-corrected chi connectivity index (χ2v) is 4.73. The summed E-state index contributed by atoms with van der Waals surface area (Å²) in [6.45, 7) is 0.229. The fourth-order valence-corrected chi connectivity index (χ4v) is 2.37. The van der Waals surface area contributed by atoms with E-state index in [9.17, 15) is 19.2 Å². The highest BCUT2D eigenvalue weighted by Gasteiger charge is 2.43. The molecule has 3 N–H and O–H groups in total. The fraction of sp³-hybridized carbons (Fsp3) is 0.231. The predicted molar refractivity (Wildman–Crippen MR) is 69.7 cm³/mol. The van der Waals surface area contributed by atoms with Crippen molar-refractivity contribution in [1.29, 1.82) is 0 Å². The van der Waals surface area contributed by atoms with Gasteiger partial charge in [-0.15, -0.1) is 0 Å². The third-order valence-electron chi connectivity index (χ3n) is 3.44. The van der Waals surface area contributed by atoms with Crippen LogP contribution < -0.4 is 11.1 Å². The molecule has 0 aliphatic carbocycles. The Hall–Kier alpha value is -2.74. The number of rotatable bonds is 2. The minimum Gasteiger partial charge on any atom is -0.326 e. The van der Waals surface area contributed by atoms with Gasteiger partial charge in [-0.2, -0.15) is 5.01 Å². The van der Waals surface area contributed by atoms with Crippen molar-refractivity contribution >= 4 is 23.8 Å². The molecule has 2 heterocycles. The number of amides is 5. The number of carbonyl (C=O) groups is 4. The zero-order valence-corrected chi connectivity index (χ0v) is 11.0. The van der Waals surface area contributed by atoms with Gasteiger partial charge >= 0.3 is 6.03 Å². The lowest BCUT2D eigenvalue weighted by molar-refractivity contribution is -0.122. The van der Waals surface area contributed by atoms with Crippen molar-refractivity contribution in [3.63, 3.8) is 0 Å². The van der Waals surface area contributed by atoms with Gasteiger partial charge in [0.1, 0.15) is 0 Å². The lowest BCUT2D eigenvalue weighted by Gasteiger charge is -2.32. The van der Waals surface area contributed by atoms with Crippen LogP contribution in [0.5, 0.6) is 0 Å². The van der Waals surface area contributed by atoms with E-state index in [0.717, 1.165) is 15.6 Å². The van der Waals surface area contributed by atoms with Crippen molar-refractivity contribution in [2.45, 2.75) is 13.0 Å². The number of nitrogens with zero attached hydrogens (tertiary/aromatic N) is 2. The van der Waals surface area contributed by atoms with Crippen LogP contribution in [0.25, 0.3) is 0 Å². The lowest BCUT2D eigenvalue weighted by Crippen LogP contribution is -2.58. The first-order chi connectivity index (χ1) is 10.0. The van der Waals surface area contributed by atoms with Gasteiger partial charge in [0, 0.05) is 13.0 Å². The first-order valence-electron chi connectivity index (χ1n) is 6.36. The van der Waals surface area contributed by atoms with E-state index in [0.29, 0.717) is 0 Å². The molecule has 108 valence electrons. The summed E-state index contributed by atoms with van der Waals surface area (Å²) < 4.78 is 0. The number of benzene rings is 1.